The Morgan fingerprint density at radius 3 is 2.89 bits per heavy atom. The number of aryl methyl sites for hydroxylation is 1. The molecule has 1 unspecified atom stereocenters. The Morgan fingerprint density at radius 2 is 2.11 bits per heavy atom. The van der Waals surface area contributed by atoms with Crippen molar-refractivity contribution < 1.29 is 18.1 Å². The summed E-state index contributed by atoms with van der Waals surface area (Å²) in [5.74, 6) is 1.65. The van der Waals surface area contributed by atoms with Gasteiger partial charge in [0.05, 0.1) is 6.26 Å². The lowest BCUT2D eigenvalue weighted by Crippen LogP contribution is -2.28. The van der Waals surface area contributed by atoms with E-state index in [9.17, 15) is 9.18 Å². The van der Waals surface area contributed by atoms with Crippen LogP contribution in [0.5, 0.6) is 0 Å². The molecular formula is C20H20FN3O3. The van der Waals surface area contributed by atoms with Crippen molar-refractivity contribution in [1.82, 2.24) is 15.0 Å². The van der Waals surface area contributed by atoms with E-state index in [4.69, 9.17) is 8.94 Å². The Kier molecular flexibility index (Phi) is 5.00. The number of amides is 1. The van der Waals surface area contributed by atoms with Crippen molar-refractivity contribution in [3.8, 4) is 11.6 Å². The maximum Gasteiger partial charge on any atom is 0.238 e. The fourth-order valence-corrected chi connectivity index (χ4v) is 3.41. The van der Waals surface area contributed by atoms with E-state index in [2.05, 4.69) is 10.1 Å². The zero-order valence-electron chi connectivity index (χ0n) is 14.8. The molecular weight excluding hydrogens is 349 g/mol. The number of hydrogen-bond acceptors (Lipinski definition) is 5. The summed E-state index contributed by atoms with van der Waals surface area (Å²) in [6.07, 6.45) is 4.10. The Bertz CT molecular complexity index is 890. The average Bonchev–Trinajstić information content (AvgIpc) is 3.43. The lowest BCUT2D eigenvalue weighted by molar-refractivity contribution is -0.130. The quantitative estimate of drug-likeness (QED) is 0.661. The molecule has 1 amide bonds. The Balaban J connectivity index is 1.25. The van der Waals surface area contributed by atoms with Gasteiger partial charge in [0.2, 0.25) is 17.6 Å². The van der Waals surface area contributed by atoms with Crippen LogP contribution < -0.4 is 0 Å². The number of rotatable bonds is 6. The summed E-state index contributed by atoms with van der Waals surface area (Å²) < 4.78 is 23.5. The average molecular weight is 369 g/mol. The van der Waals surface area contributed by atoms with Gasteiger partial charge >= 0.3 is 0 Å². The molecule has 0 spiro atoms. The normalized spacial score (nSPS) is 16.8. The fraction of sp³-hybridized carbons (Fsp3) is 0.350. The first-order valence-electron chi connectivity index (χ1n) is 9.09. The first kappa shape index (κ1) is 17.5. The lowest BCUT2D eigenvalue weighted by atomic mass is 9.99. The van der Waals surface area contributed by atoms with Crippen LogP contribution in [0.15, 0.2) is 51.6 Å². The third-order valence-electron chi connectivity index (χ3n) is 4.87. The maximum atomic E-state index is 13.1. The van der Waals surface area contributed by atoms with E-state index in [1.165, 1.54) is 12.1 Å². The molecule has 140 valence electrons. The molecule has 1 aromatic carbocycles. The predicted molar refractivity (Wildman–Crippen MR) is 95.3 cm³/mol. The van der Waals surface area contributed by atoms with Gasteiger partial charge in [-0.05, 0) is 42.7 Å². The molecule has 0 aliphatic carbocycles. The van der Waals surface area contributed by atoms with E-state index in [0.29, 0.717) is 43.3 Å². The van der Waals surface area contributed by atoms with Crippen molar-refractivity contribution in [1.29, 1.82) is 0 Å². The van der Waals surface area contributed by atoms with Crippen LogP contribution >= 0.6 is 0 Å². The zero-order valence-corrected chi connectivity index (χ0v) is 14.8. The summed E-state index contributed by atoms with van der Waals surface area (Å²) in [5, 5.41) is 3.88. The van der Waals surface area contributed by atoms with Crippen LogP contribution in [-0.2, 0) is 11.2 Å². The van der Waals surface area contributed by atoms with E-state index in [1.807, 2.05) is 4.90 Å². The van der Waals surface area contributed by atoms with Gasteiger partial charge in [-0.1, -0.05) is 17.3 Å². The van der Waals surface area contributed by atoms with Crippen molar-refractivity contribution in [3.63, 3.8) is 0 Å². The number of furan rings is 1. The summed E-state index contributed by atoms with van der Waals surface area (Å²) in [6.45, 7) is 1.43. The minimum absolute atomic E-state index is 0.130. The first-order valence-corrected chi connectivity index (χ1v) is 9.09. The van der Waals surface area contributed by atoms with Gasteiger partial charge in [-0.15, -0.1) is 0 Å². The summed E-state index contributed by atoms with van der Waals surface area (Å²) in [7, 11) is 0. The Morgan fingerprint density at radius 1 is 1.26 bits per heavy atom. The van der Waals surface area contributed by atoms with E-state index in [0.717, 1.165) is 18.5 Å². The first-order chi connectivity index (χ1) is 13.2. The highest BCUT2D eigenvalue weighted by molar-refractivity contribution is 5.76. The van der Waals surface area contributed by atoms with Gasteiger partial charge < -0.3 is 13.8 Å². The molecule has 1 atom stereocenters. The molecule has 27 heavy (non-hydrogen) atoms. The van der Waals surface area contributed by atoms with E-state index in [-0.39, 0.29) is 17.6 Å². The molecule has 2 aromatic heterocycles. The molecule has 3 aromatic rings. The van der Waals surface area contributed by atoms with Gasteiger partial charge in [0, 0.05) is 31.8 Å². The monoisotopic (exact) mass is 369 g/mol. The highest BCUT2D eigenvalue weighted by atomic mass is 19.1. The van der Waals surface area contributed by atoms with Gasteiger partial charge in [-0.3, -0.25) is 4.79 Å². The van der Waals surface area contributed by atoms with Crippen LogP contribution in [-0.4, -0.2) is 34.0 Å². The molecule has 0 N–H and O–H groups in total. The Hall–Kier alpha value is -2.96. The maximum absolute atomic E-state index is 13.1. The van der Waals surface area contributed by atoms with Crippen LogP contribution in [0.2, 0.25) is 0 Å². The molecule has 0 saturated carbocycles. The van der Waals surface area contributed by atoms with E-state index in [1.54, 1.807) is 30.5 Å². The van der Waals surface area contributed by atoms with Crippen LogP contribution in [0.1, 0.15) is 36.6 Å². The second-order valence-corrected chi connectivity index (χ2v) is 6.72. The topological polar surface area (TPSA) is 72.4 Å². The highest BCUT2D eigenvalue weighted by Crippen LogP contribution is 2.28. The molecule has 0 bridgehead atoms. The number of aromatic nitrogens is 2. The molecule has 3 heterocycles. The number of hydrogen-bond donors (Lipinski definition) is 0. The minimum atomic E-state index is -0.235. The lowest BCUT2D eigenvalue weighted by Gasteiger charge is -2.16. The number of halogens is 1. The minimum Gasteiger partial charge on any atom is -0.461 e. The number of likely N-dealkylation sites (tertiary alicyclic amines) is 1. The number of benzene rings is 1. The van der Waals surface area contributed by atoms with Gasteiger partial charge in [0.15, 0.2) is 5.76 Å². The van der Waals surface area contributed by atoms with Crippen molar-refractivity contribution in [3.05, 3.63) is 59.9 Å². The summed E-state index contributed by atoms with van der Waals surface area (Å²) in [4.78, 5) is 18.6. The van der Waals surface area contributed by atoms with Crippen LogP contribution in [0.4, 0.5) is 4.39 Å². The van der Waals surface area contributed by atoms with Gasteiger partial charge in [0.25, 0.3) is 0 Å². The van der Waals surface area contributed by atoms with Crippen LogP contribution in [0.25, 0.3) is 11.6 Å². The molecule has 7 heteroatoms. The molecule has 1 saturated heterocycles. The standard InChI is InChI=1S/C20H20FN3O3/c21-16-8-6-14(7-9-16)15-10-11-24(13-15)19(25)5-1-4-18-22-20(23-27-18)17-3-2-12-26-17/h2-3,6-9,12,15H,1,4-5,10-11,13H2. The number of carbonyl (C=O) groups excluding carboxylic acids is 1. The van der Waals surface area contributed by atoms with Crippen molar-refractivity contribution >= 4 is 5.91 Å². The van der Waals surface area contributed by atoms with Crippen molar-refractivity contribution in [2.45, 2.75) is 31.6 Å². The third-order valence-corrected chi connectivity index (χ3v) is 4.87. The zero-order chi connectivity index (χ0) is 18.6. The number of carbonyl (C=O) groups is 1. The second kappa shape index (κ2) is 7.73. The van der Waals surface area contributed by atoms with Crippen LogP contribution in [0, 0.1) is 5.82 Å². The summed E-state index contributed by atoms with van der Waals surface area (Å²) in [6, 6.07) is 10.1. The van der Waals surface area contributed by atoms with E-state index < -0.39 is 0 Å². The third kappa shape index (κ3) is 4.07. The van der Waals surface area contributed by atoms with Crippen LogP contribution in [0.3, 0.4) is 0 Å². The van der Waals surface area contributed by atoms with Gasteiger partial charge in [-0.2, -0.15) is 4.98 Å². The molecule has 1 fully saturated rings. The summed E-state index contributed by atoms with van der Waals surface area (Å²) >= 11 is 0. The Labute approximate surface area is 156 Å². The highest BCUT2D eigenvalue weighted by Gasteiger charge is 2.27. The van der Waals surface area contributed by atoms with Gasteiger partial charge in [0.1, 0.15) is 5.82 Å². The largest absolute Gasteiger partial charge is 0.461 e. The van der Waals surface area contributed by atoms with Crippen molar-refractivity contribution in [2.75, 3.05) is 13.1 Å². The van der Waals surface area contributed by atoms with Crippen molar-refractivity contribution in [2.24, 2.45) is 0 Å². The predicted octanol–water partition coefficient (Wildman–Crippen LogP) is 3.81. The molecule has 1 aliphatic rings. The number of nitrogens with zero attached hydrogens (tertiary/aromatic N) is 3. The van der Waals surface area contributed by atoms with Gasteiger partial charge in [-0.25, -0.2) is 4.39 Å². The van der Waals surface area contributed by atoms with E-state index >= 15 is 0 Å². The molecule has 4 rings (SSSR count). The smallest absolute Gasteiger partial charge is 0.238 e. The molecule has 6 nitrogen and oxygen atoms in total. The second-order valence-electron chi connectivity index (χ2n) is 6.72. The summed E-state index contributed by atoms with van der Waals surface area (Å²) in [5.41, 5.74) is 1.09. The molecule has 1 aliphatic heterocycles. The molecule has 0 radical (unpaired) electrons. The fourth-order valence-electron chi connectivity index (χ4n) is 3.41. The SMILES string of the molecule is O=C(CCCc1nc(-c2ccco2)no1)N1CCC(c2ccc(F)cc2)C1.